The maximum Gasteiger partial charge on any atom is 0.226 e. The maximum absolute atomic E-state index is 11.4. The number of rotatable bonds is 5. The lowest BCUT2D eigenvalue weighted by atomic mass is 10.1. The van der Waals surface area contributed by atoms with Gasteiger partial charge in [-0.05, 0) is 31.0 Å². The van der Waals surface area contributed by atoms with Crippen molar-refractivity contribution in [3.8, 4) is 0 Å². The van der Waals surface area contributed by atoms with Gasteiger partial charge in [-0.1, -0.05) is 30.3 Å². The summed E-state index contributed by atoms with van der Waals surface area (Å²) < 4.78 is 5.26. The van der Waals surface area contributed by atoms with Crippen LogP contribution in [-0.4, -0.2) is 27.5 Å². The third-order valence-corrected chi connectivity index (χ3v) is 4.15. The van der Waals surface area contributed by atoms with Crippen molar-refractivity contribution >= 4 is 11.6 Å². The molecule has 122 valence electrons. The highest BCUT2D eigenvalue weighted by Crippen LogP contribution is 2.32. The van der Waals surface area contributed by atoms with Crippen LogP contribution in [0.3, 0.4) is 0 Å². The molecule has 6 nitrogen and oxygen atoms in total. The van der Waals surface area contributed by atoms with Crippen LogP contribution >= 0.6 is 0 Å². The van der Waals surface area contributed by atoms with Gasteiger partial charge in [-0.15, -0.1) is 0 Å². The summed E-state index contributed by atoms with van der Waals surface area (Å²) in [7, 11) is 0. The molecule has 1 aromatic carbocycles. The first kappa shape index (κ1) is 15.7. The van der Waals surface area contributed by atoms with Gasteiger partial charge in [0.25, 0.3) is 0 Å². The average Bonchev–Trinajstić information content (AvgIpc) is 3.17. The number of aromatic nitrogens is 2. The lowest BCUT2D eigenvalue weighted by Gasteiger charge is -2.23. The number of likely N-dealkylation sites (tertiary alicyclic amines) is 1. The number of nitrogens with zero attached hydrogens (tertiary/aromatic N) is 3. The minimum atomic E-state index is -0.0545. The second kappa shape index (κ2) is 6.91. The molecule has 6 heteroatoms. The molecule has 0 saturated carbocycles. The third kappa shape index (κ3) is 3.59. The number of anilines is 1. The molecule has 23 heavy (non-hydrogen) atoms. The van der Waals surface area contributed by atoms with Crippen LogP contribution in [0, 0.1) is 0 Å². The van der Waals surface area contributed by atoms with Gasteiger partial charge in [0.05, 0.1) is 6.04 Å². The van der Waals surface area contributed by atoms with Crippen LogP contribution in [0.5, 0.6) is 0 Å². The number of amides is 1. The maximum atomic E-state index is 11.4. The summed E-state index contributed by atoms with van der Waals surface area (Å²) >= 11 is 0. The van der Waals surface area contributed by atoms with Gasteiger partial charge >= 0.3 is 0 Å². The number of hydrogen-bond acceptors (Lipinski definition) is 5. The SMILES string of the molecule is CCc1nc(C2CCCN2Cc2ccccc2NC(C)=O)no1. The predicted octanol–water partition coefficient (Wildman–Crippen LogP) is 2.93. The molecule has 2 aromatic rings. The minimum Gasteiger partial charge on any atom is -0.339 e. The fraction of sp³-hybridized carbons (Fsp3) is 0.471. The molecule has 0 bridgehead atoms. The summed E-state index contributed by atoms with van der Waals surface area (Å²) in [6, 6.07) is 8.10. The molecule has 1 aliphatic rings. The van der Waals surface area contributed by atoms with Crippen molar-refractivity contribution in [2.24, 2.45) is 0 Å². The summed E-state index contributed by atoms with van der Waals surface area (Å²) in [5, 5.41) is 7.03. The first-order chi connectivity index (χ1) is 11.2. The fourth-order valence-electron chi connectivity index (χ4n) is 3.04. The van der Waals surface area contributed by atoms with Gasteiger partial charge in [0.2, 0.25) is 11.8 Å². The van der Waals surface area contributed by atoms with E-state index in [1.807, 2.05) is 31.2 Å². The zero-order chi connectivity index (χ0) is 16.2. The van der Waals surface area contributed by atoms with Crippen molar-refractivity contribution in [1.29, 1.82) is 0 Å². The monoisotopic (exact) mass is 314 g/mol. The molecule has 0 radical (unpaired) electrons. The predicted molar refractivity (Wildman–Crippen MR) is 86.8 cm³/mol. The van der Waals surface area contributed by atoms with E-state index in [0.29, 0.717) is 5.89 Å². The zero-order valence-electron chi connectivity index (χ0n) is 13.6. The Morgan fingerprint density at radius 2 is 2.26 bits per heavy atom. The molecule has 1 aliphatic heterocycles. The van der Waals surface area contributed by atoms with Gasteiger partial charge in [-0.2, -0.15) is 4.98 Å². The Bertz CT molecular complexity index is 683. The summed E-state index contributed by atoms with van der Waals surface area (Å²) in [4.78, 5) is 18.2. The number of para-hydroxylation sites is 1. The van der Waals surface area contributed by atoms with Crippen molar-refractivity contribution in [2.45, 2.75) is 45.7 Å². The van der Waals surface area contributed by atoms with Crippen molar-refractivity contribution in [3.05, 3.63) is 41.5 Å². The van der Waals surface area contributed by atoms with E-state index in [-0.39, 0.29) is 11.9 Å². The van der Waals surface area contributed by atoms with Gasteiger partial charge in [0.1, 0.15) is 0 Å². The average molecular weight is 314 g/mol. The Morgan fingerprint density at radius 1 is 1.43 bits per heavy atom. The minimum absolute atomic E-state index is 0.0545. The van der Waals surface area contributed by atoms with Crippen LogP contribution in [0.25, 0.3) is 0 Å². The van der Waals surface area contributed by atoms with Crippen LogP contribution in [0.15, 0.2) is 28.8 Å². The van der Waals surface area contributed by atoms with E-state index in [1.54, 1.807) is 0 Å². The highest BCUT2D eigenvalue weighted by atomic mass is 16.5. The van der Waals surface area contributed by atoms with Crippen LogP contribution in [0.1, 0.15) is 50.0 Å². The molecule has 1 amide bonds. The van der Waals surface area contributed by atoms with Gasteiger partial charge in [0.15, 0.2) is 5.82 Å². The molecule has 1 atom stereocenters. The standard InChI is InChI=1S/C17H22N4O2/c1-3-16-19-17(20-23-16)15-9-6-10-21(15)11-13-7-4-5-8-14(13)18-12(2)22/h4-5,7-8,15H,3,6,9-11H2,1-2H3,(H,18,22). The molecule has 1 N–H and O–H groups in total. The fourth-order valence-corrected chi connectivity index (χ4v) is 3.04. The largest absolute Gasteiger partial charge is 0.339 e. The van der Waals surface area contributed by atoms with Crippen molar-refractivity contribution in [1.82, 2.24) is 15.0 Å². The Balaban J connectivity index is 1.77. The highest BCUT2D eigenvalue weighted by Gasteiger charge is 2.30. The van der Waals surface area contributed by atoms with E-state index < -0.39 is 0 Å². The Labute approximate surface area is 135 Å². The zero-order valence-corrected chi connectivity index (χ0v) is 13.6. The number of aryl methyl sites for hydroxylation is 1. The van der Waals surface area contributed by atoms with Crippen LogP contribution in [-0.2, 0) is 17.8 Å². The number of carbonyl (C=O) groups is 1. The van der Waals surface area contributed by atoms with E-state index in [0.717, 1.165) is 49.4 Å². The Morgan fingerprint density at radius 3 is 3.00 bits per heavy atom. The molecular weight excluding hydrogens is 292 g/mol. The quantitative estimate of drug-likeness (QED) is 0.918. The molecule has 1 saturated heterocycles. The number of hydrogen-bond donors (Lipinski definition) is 1. The molecular formula is C17H22N4O2. The van der Waals surface area contributed by atoms with E-state index >= 15 is 0 Å². The molecule has 0 aliphatic carbocycles. The molecule has 1 aromatic heterocycles. The van der Waals surface area contributed by atoms with E-state index in [1.165, 1.54) is 6.92 Å². The second-order valence-corrected chi connectivity index (χ2v) is 5.87. The highest BCUT2D eigenvalue weighted by molar-refractivity contribution is 5.89. The summed E-state index contributed by atoms with van der Waals surface area (Å²) in [6.45, 7) is 5.29. The topological polar surface area (TPSA) is 71.3 Å². The summed E-state index contributed by atoms with van der Waals surface area (Å²) in [6.07, 6.45) is 2.90. The first-order valence-corrected chi connectivity index (χ1v) is 8.09. The third-order valence-electron chi connectivity index (χ3n) is 4.15. The Hall–Kier alpha value is -2.21. The van der Waals surface area contributed by atoms with Crippen LogP contribution < -0.4 is 5.32 Å². The molecule has 2 heterocycles. The van der Waals surface area contributed by atoms with E-state index in [9.17, 15) is 4.79 Å². The number of carbonyl (C=O) groups excluding carboxylic acids is 1. The second-order valence-electron chi connectivity index (χ2n) is 5.87. The smallest absolute Gasteiger partial charge is 0.226 e. The number of nitrogens with one attached hydrogen (secondary N) is 1. The normalized spacial score (nSPS) is 18.3. The van der Waals surface area contributed by atoms with Crippen molar-refractivity contribution in [3.63, 3.8) is 0 Å². The van der Waals surface area contributed by atoms with Gasteiger partial charge in [-0.3, -0.25) is 9.69 Å². The first-order valence-electron chi connectivity index (χ1n) is 8.09. The summed E-state index contributed by atoms with van der Waals surface area (Å²) in [5.41, 5.74) is 1.97. The van der Waals surface area contributed by atoms with Gasteiger partial charge in [-0.25, -0.2) is 0 Å². The molecule has 3 rings (SSSR count). The molecule has 1 unspecified atom stereocenters. The number of benzene rings is 1. The van der Waals surface area contributed by atoms with Crippen molar-refractivity contribution < 1.29 is 9.32 Å². The van der Waals surface area contributed by atoms with Crippen LogP contribution in [0.2, 0.25) is 0 Å². The lowest BCUT2D eigenvalue weighted by molar-refractivity contribution is -0.114. The molecule has 1 fully saturated rings. The van der Waals surface area contributed by atoms with Gasteiger partial charge < -0.3 is 9.84 Å². The van der Waals surface area contributed by atoms with Crippen molar-refractivity contribution in [2.75, 3.05) is 11.9 Å². The summed E-state index contributed by atoms with van der Waals surface area (Å²) in [5.74, 6) is 1.41. The Kier molecular flexibility index (Phi) is 4.71. The van der Waals surface area contributed by atoms with E-state index in [4.69, 9.17) is 4.52 Å². The van der Waals surface area contributed by atoms with Crippen LogP contribution in [0.4, 0.5) is 5.69 Å². The van der Waals surface area contributed by atoms with E-state index in [2.05, 4.69) is 20.4 Å². The molecule has 0 spiro atoms. The van der Waals surface area contributed by atoms with Gasteiger partial charge in [0, 0.05) is 25.6 Å². The lowest BCUT2D eigenvalue weighted by Crippen LogP contribution is -2.24.